The summed E-state index contributed by atoms with van der Waals surface area (Å²) in [5.41, 5.74) is 0.595. The van der Waals surface area contributed by atoms with Crippen molar-refractivity contribution in [3.63, 3.8) is 0 Å². The number of hydrogen-bond acceptors (Lipinski definition) is 3. The van der Waals surface area contributed by atoms with Crippen molar-refractivity contribution in [1.82, 2.24) is 5.32 Å². The fourth-order valence-electron chi connectivity index (χ4n) is 1.81. The molecule has 1 amide bonds. The van der Waals surface area contributed by atoms with E-state index in [0.717, 1.165) is 18.8 Å². The number of para-hydroxylation sites is 1. The maximum absolute atomic E-state index is 11.9. The smallest absolute Gasteiger partial charge is 0.253 e. The monoisotopic (exact) mass is 234 g/mol. The zero-order valence-electron chi connectivity index (χ0n) is 10.2. The van der Waals surface area contributed by atoms with Crippen LogP contribution in [-0.4, -0.2) is 30.7 Å². The van der Waals surface area contributed by atoms with Crippen LogP contribution in [0.4, 0.5) is 5.69 Å². The maximum Gasteiger partial charge on any atom is 0.253 e. The zero-order chi connectivity index (χ0) is 12.3. The largest absolute Gasteiger partial charge is 0.360 e. The second-order valence-corrected chi connectivity index (χ2v) is 4.67. The highest BCUT2D eigenvalue weighted by Gasteiger charge is 2.35. The van der Waals surface area contributed by atoms with E-state index in [1.165, 1.54) is 0 Å². The van der Waals surface area contributed by atoms with Crippen LogP contribution in [-0.2, 0) is 9.53 Å². The summed E-state index contributed by atoms with van der Waals surface area (Å²) in [6, 6.07) is 9.40. The van der Waals surface area contributed by atoms with Gasteiger partial charge in [0.25, 0.3) is 5.91 Å². The minimum atomic E-state index is -0.442. The lowest BCUT2D eigenvalue weighted by atomic mass is 10.00. The number of carbonyl (C=O) groups is 1. The van der Waals surface area contributed by atoms with E-state index in [4.69, 9.17) is 4.74 Å². The van der Waals surface area contributed by atoms with Crippen molar-refractivity contribution in [3.8, 4) is 0 Å². The molecule has 2 rings (SSSR count). The number of ether oxygens (including phenoxy) is 1. The molecule has 1 aromatic carbocycles. The van der Waals surface area contributed by atoms with Gasteiger partial charge in [0.1, 0.15) is 6.10 Å². The molecule has 0 spiro atoms. The van der Waals surface area contributed by atoms with E-state index in [2.05, 4.69) is 10.6 Å². The van der Waals surface area contributed by atoms with Crippen molar-refractivity contribution < 1.29 is 9.53 Å². The van der Waals surface area contributed by atoms with Gasteiger partial charge in [-0.3, -0.25) is 4.79 Å². The van der Waals surface area contributed by atoms with Gasteiger partial charge in [0.15, 0.2) is 0 Å². The summed E-state index contributed by atoms with van der Waals surface area (Å²) >= 11 is 0. The Morgan fingerprint density at radius 2 is 2.06 bits per heavy atom. The molecule has 0 aliphatic carbocycles. The highest BCUT2D eigenvalue weighted by molar-refractivity contribution is 5.93. The van der Waals surface area contributed by atoms with Crippen LogP contribution >= 0.6 is 0 Å². The van der Waals surface area contributed by atoms with Gasteiger partial charge in [0.05, 0.1) is 5.60 Å². The first-order chi connectivity index (χ1) is 8.09. The second kappa shape index (κ2) is 4.85. The van der Waals surface area contributed by atoms with E-state index in [9.17, 15) is 4.79 Å². The fraction of sp³-hybridized carbons (Fsp3) is 0.462. The van der Waals surface area contributed by atoms with E-state index in [1.54, 1.807) is 6.92 Å². The Balaban J connectivity index is 1.87. The standard InChI is InChI=1S/C13H18N2O2/c1-10(17-13(2)8-14-9-13)12(16)15-11-6-4-3-5-7-11/h3-7,10,14H,8-9H2,1-2H3,(H,15,16). The zero-order valence-corrected chi connectivity index (χ0v) is 10.2. The number of rotatable bonds is 4. The van der Waals surface area contributed by atoms with Gasteiger partial charge in [0.2, 0.25) is 0 Å². The Bertz CT molecular complexity index is 388. The first kappa shape index (κ1) is 12.1. The molecule has 17 heavy (non-hydrogen) atoms. The number of amides is 1. The second-order valence-electron chi connectivity index (χ2n) is 4.67. The third-order valence-electron chi connectivity index (χ3n) is 2.87. The van der Waals surface area contributed by atoms with Gasteiger partial charge >= 0.3 is 0 Å². The van der Waals surface area contributed by atoms with Gasteiger partial charge in [0, 0.05) is 18.8 Å². The molecule has 1 saturated heterocycles. The molecule has 1 aliphatic rings. The minimum Gasteiger partial charge on any atom is -0.360 e. The molecule has 1 unspecified atom stereocenters. The molecule has 0 aromatic heterocycles. The minimum absolute atomic E-state index is 0.107. The lowest BCUT2D eigenvalue weighted by Gasteiger charge is -2.40. The van der Waals surface area contributed by atoms with Crippen molar-refractivity contribution in [2.75, 3.05) is 18.4 Å². The summed E-state index contributed by atoms with van der Waals surface area (Å²) < 4.78 is 5.73. The van der Waals surface area contributed by atoms with Crippen molar-refractivity contribution in [2.45, 2.75) is 25.6 Å². The van der Waals surface area contributed by atoms with Crippen molar-refractivity contribution in [1.29, 1.82) is 0 Å². The number of carbonyl (C=O) groups excluding carboxylic acids is 1. The summed E-state index contributed by atoms with van der Waals surface area (Å²) in [6.45, 7) is 5.39. The van der Waals surface area contributed by atoms with Crippen LogP contribution in [0.1, 0.15) is 13.8 Å². The molecule has 4 heteroatoms. The van der Waals surface area contributed by atoms with Crippen LogP contribution in [0.25, 0.3) is 0 Å². The summed E-state index contributed by atoms with van der Waals surface area (Å²) in [6.07, 6.45) is -0.442. The molecule has 1 aliphatic heterocycles. The maximum atomic E-state index is 11.9. The molecular formula is C13H18N2O2. The van der Waals surface area contributed by atoms with Crippen LogP contribution < -0.4 is 10.6 Å². The predicted molar refractivity (Wildman–Crippen MR) is 66.9 cm³/mol. The molecule has 0 saturated carbocycles. The lowest BCUT2D eigenvalue weighted by molar-refractivity contribution is -0.144. The molecule has 1 fully saturated rings. The summed E-state index contributed by atoms with van der Waals surface area (Å²) in [4.78, 5) is 11.9. The van der Waals surface area contributed by atoms with E-state index in [1.807, 2.05) is 37.3 Å². The summed E-state index contributed by atoms with van der Waals surface area (Å²) in [7, 11) is 0. The van der Waals surface area contributed by atoms with Gasteiger partial charge in [-0.2, -0.15) is 0 Å². The van der Waals surface area contributed by atoms with Gasteiger partial charge in [-0.15, -0.1) is 0 Å². The average Bonchev–Trinajstić information content (AvgIpc) is 2.28. The topological polar surface area (TPSA) is 50.4 Å². The number of benzene rings is 1. The molecule has 1 aromatic rings. The SMILES string of the molecule is CC(OC1(C)CNC1)C(=O)Nc1ccccc1. The quantitative estimate of drug-likeness (QED) is 0.827. The van der Waals surface area contributed by atoms with Gasteiger partial charge in [-0.05, 0) is 26.0 Å². The highest BCUT2D eigenvalue weighted by Crippen LogP contribution is 2.18. The Labute approximate surface area is 101 Å². The van der Waals surface area contributed by atoms with Gasteiger partial charge < -0.3 is 15.4 Å². The Morgan fingerprint density at radius 3 is 2.59 bits per heavy atom. The number of hydrogen-bond donors (Lipinski definition) is 2. The molecule has 1 heterocycles. The molecule has 2 N–H and O–H groups in total. The Kier molecular flexibility index (Phi) is 3.45. The third kappa shape index (κ3) is 3.05. The summed E-state index contributed by atoms with van der Waals surface area (Å²) in [5.74, 6) is -0.107. The molecule has 4 nitrogen and oxygen atoms in total. The van der Waals surface area contributed by atoms with Crippen molar-refractivity contribution >= 4 is 11.6 Å². The molecular weight excluding hydrogens is 216 g/mol. The lowest BCUT2D eigenvalue weighted by Crippen LogP contribution is -2.60. The van der Waals surface area contributed by atoms with E-state index in [-0.39, 0.29) is 11.5 Å². The molecule has 1 atom stereocenters. The first-order valence-electron chi connectivity index (χ1n) is 5.83. The Morgan fingerprint density at radius 1 is 1.41 bits per heavy atom. The van der Waals surface area contributed by atoms with Gasteiger partial charge in [-0.25, -0.2) is 0 Å². The normalized spacial score (nSPS) is 19.2. The van der Waals surface area contributed by atoms with Crippen LogP contribution in [0.5, 0.6) is 0 Å². The van der Waals surface area contributed by atoms with Crippen molar-refractivity contribution in [3.05, 3.63) is 30.3 Å². The van der Waals surface area contributed by atoms with Crippen LogP contribution in [0, 0.1) is 0 Å². The molecule has 0 radical (unpaired) electrons. The van der Waals surface area contributed by atoms with Crippen LogP contribution in [0.15, 0.2) is 30.3 Å². The molecule has 0 bridgehead atoms. The Hall–Kier alpha value is -1.39. The van der Waals surface area contributed by atoms with Gasteiger partial charge in [-0.1, -0.05) is 18.2 Å². The highest BCUT2D eigenvalue weighted by atomic mass is 16.5. The number of anilines is 1. The predicted octanol–water partition coefficient (Wildman–Crippen LogP) is 1.39. The third-order valence-corrected chi connectivity index (χ3v) is 2.87. The van der Waals surface area contributed by atoms with E-state index in [0.29, 0.717) is 0 Å². The van der Waals surface area contributed by atoms with Crippen LogP contribution in [0.3, 0.4) is 0 Å². The van der Waals surface area contributed by atoms with Crippen LogP contribution in [0.2, 0.25) is 0 Å². The average molecular weight is 234 g/mol. The molecule has 92 valence electrons. The van der Waals surface area contributed by atoms with E-state index >= 15 is 0 Å². The van der Waals surface area contributed by atoms with E-state index < -0.39 is 6.10 Å². The fourth-order valence-corrected chi connectivity index (χ4v) is 1.81. The summed E-state index contributed by atoms with van der Waals surface area (Å²) in [5, 5.41) is 5.97. The van der Waals surface area contributed by atoms with Crippen molar-refractivity contribution in [2.24, 2.45) is 0 Å². The first-order valence-corrected chi connectivity index (χ1v) is 5.83. The number of nitrogens with one attached hydrogen (secondary N) is 2.